The largest absolute Gasteiger partial charge is 0.497 e. The fourth-order valence-corrected chi connectivity index (χ4v) is 12.2. The molecular weight excluding hydrogens is 1100 g/mol. The first kappa shape index (κ1) is 66.6. The average Bonchev–Trinajstić information content (AvgIpc) is 1.66. The van der Waals surface area contributed by atoms with Gasteiger partial charge in [-0.2, -0.15) is 10.2 Å². The topological polar surface area (TPSA) is 244 Å². The third kappa shape index (κ3) is 19.2. The molecule has 3 aromatic carbocycles. The van der Waals surface area contributed by atoms with Crippen molar-refractivity contribution in [1.29, 1.82) is 5.26 Å². The van der Waals surface area contributed by atoms with Crippen LogP contribution >= 0.6 is 8.53 Å². The van der Waals surface area contributed by atoms with Gasteiger partial charge in [-0.05, 0) is 121 Å². The predicted molar refractivity (Wildman–Crippen MR) is 316 cm³/mol. The van der Waals surface area contributed by atoms with Crippen molar-refractivity contribution >= 4 is 38.2 Å². The van der Waals surface area contributed by atoms with Gasteiger partial charge < -0.3 is 52.8 Å². The molecule has 2 N–H and O–H groups in total. The summed E-state index contributed by atoms with van der Waals surface area (Å²) in [5, 5.41) is 16.1. The standard InChI is InChI=1S/C61H85N8O14P/c1-10-77-57(71)39-66(34-35-67(40-58(72)78-11-2)41-59(73)79-12-3)38-55(70)64-49-25-23-48(24-26-49)63-54-31-33-68(60(74)65-54)56-37-52(83-84(81-36-16-32-62)69(43(4)5)44(6)7)53(82-56)42-80-61(45-17-14-13-15-18-45,46-19-27-50(75-8)28-20-46)47-21-29-51(76-9)30-22-47/h13-15,17-22,27-31,33,43-44,48-49,52-53,56H,10-12,16,23-26,34-42H2,1-9H3,(H,64,70)(H,63,65,74)/t48?,49?,52-,53+,56+,84?/m0/s1. The number of nitrogens with zero attached hydrogens (tertiary/aromatic N) is 6. The Hall–Kier alpha value is -6.54. The Labute approximate surface area is 495 Å². The fraction of sp³-hybridized carbons (Fsp3) is 0.557. The van der Waals surface area contributed by atoms with Gasteiger partial charge in [0.15, 0.2) is 0 Å². The number of hydrogen-bond donors (Lipinski definition) is 2. The number of nitrogens with one attached hydrogen (secondary N) is 2. The fourth-order valence-electron chi connectivity index (χ4n) is 10.5. The van der Waals surface area contributed by atoms with Crippen LogP contribution in [-0.4, -0.2) is 171 Å². The highest BCUT2D eigenvalue weighted by Gasteiger charge is 2.45. The van der Waals surface area contributed by atoms with E-state index in [4.69, 9.17) is 42.2 Å². The van der Waals surface area contributed by atoms with Crippen LogP contribution in [0.25, 0.3) is 0 Å². The van der Waals surface area contributed by atoms with E-state index < -0.39 is 56.2 Å². The average molecular weight is 1190 g/mol. The number of carbonyl (C=O) groups excluding carboxylic acids is 4. The highest BCUT2D eigenvalue weighted by atomic mass is 31.2. The summed E-state index contributed by atoms with van der Waals surface area (Å²) in [5.74, 6) is -0.0606. The molecule has 6 rings (SSSR count). The molecule has 4 atom stereocenters. The number of hydrogen-bond acceptors (Lipinski definition) is 20. The summed E-state index contributed by atoms with van der Waals surface area (Å²) in [6, 6.07) is 29.3. The molecule has 1 aromatic heterocycles. The third-order valence-electron chi connectivity index (χ3n) is 14.4. The predicted octanol–water partition coefficient (Wildman–Crippen LogP) is 7.35. The number of benzene rings is 3. The molecule has 1 saturated heterocycles. The number of anilines is 1. The molecule has 458 valence electrons. The van der Waals surface area contributed by atoms with Gasteiger partial charge in [0, 0.05) is 49.9 Å². The summed E-state index contributed by atoms with van der Waals surface area (Å²) in [5.41, 5.74) is 0.800. The van der Waals surface area contributed by atoms with Crippen molar-refractivity contribution in [1.82, 2.24) is 29.3 Å². The van der Waals surface area contributed by atoms with Gasteiger partial charge >= 0.3 is 23.6 Å². The van der Waals surface area contributed by atoms with Crippen molar-refractivity contribution in [3.8, 4) is 17.6 Å². The van der Waals surface area contributed by atoms with E-state index in [9.17, 15) is 29.2 Å². The van der Waals surface area contributed by atoms with E-state index in [0.29, 0.717) is 43.0 Å². The zero-order chi connectivity index (χ0) is 60.6. The lowest BCUT2D eigenvalue weighted by molar-refractivity contribution is -0.149. The molecular formula is C61H85N8O14P. The maximum atomic E-state index is 14.2. The second-order valence-electron chi connectivity index (χ2n) is 21.0. The molecule has 2 aliphatic rings. The molecule has 4 aromatic rings. The van der Waals surface area contributed by atoms with Crippen molar-refractivity contribution in [2.75, 3.05) is 91.8 Å². The van der Waals surface area contributed by atoms with Crippen LogP contribution in [0.3, 0.4) is 0 Å². The second kappa shape index (κ2) is 33.8. The molecule has 2 heterocycles. The summed E-state index contributed by atoms with van der Waals surface area (Å²) >= 11 is 0. The minimum absolute atomic E-state index is 0.00545. The van der Waals surface area contributed by atoms with Crippen LogP contribution in [0, 0.1) is 11.3 Å². The number of methoxy groups -OCH3 is 2. The Bertz CT molecular complexity index is 2700. The lowest BCUT2D eigenvalue weighted by atomic mass is 9.80. The maximum absolute atomic E-state index is 14.2. The monoisotopic (exact) mass is 1180 g/mol. The first-order valence-corrected chi connectivity index (χ1v) is 30.1. The normalized spacial score (nSPS) is 18.4. The molecule has 2 fully saturated rings. The van der Waals surface area contributed by atoms with Gasteiger partial charge in [-0.1, -0.05) is 54.6 Å². The van der Waals surface area contributed by atoms with Crippen molar-refractivity contribution in [3.63, 3.8) is 0 Å². The van der Waals surface area contributed by atoms with Crippen molar-refractivity contribution in [3.05, 3.63) is 118 Å². The van der Waals surface area contributed by atoms with E-state index in [1.807, 2.05) is 78.9 Å². The van der Waals surface area contributed by atoms with Crippen LogP contribution in [0.5, 0.6) is 11.5 Å². The van der Waals surface area contributed by atoms with Gasteiger partial charge in [-0.25, -0.2) is 9.46 Å². The summed E-state index contributed by atoms with van der Waals surface area (Å²) in [7, 11) is 1.51. The molecule has 84 heavy (non-hydrogen) atoms. The summed E-state index contributed by atoms with van der Waals surface area (Å²) in [6.45, 7) is 13.8. The van der Waals surface area contributed by atoms with Crippen molar-refractivity contribution in [2.45, 2.75) is 135 Å². The van der Waals surface area contributed by atoms with Gasteiger partial charge in [0.05, 0.1) is 92.0 Å². The van der Waals surface area contributed by atoms with Crippen LogP contribution < -0.4 is 25.8 Å². The molecule has 23 heteroatoms. The Kier molecular flexibility index (Phi) is 26.8. The molecule has 22 nitrogen and oxygen atoms in total. The maximum Gasteiger partial charge on any atom is 0.351 e. The number of carbonyl (C=O) groups is 4. The number of amides is 1. The minimum atomic E-state index is -1.74. The Morgan fingerprint density at radius 1 is 0.738 bits per heavy atom. The van der Waals surface area contributed by atoms with E-state index in [1.165, 1.54) is 4.57 Å². The molecule has 1 aliphatic carbocycles. The quantitative estimate of drug-likeness (QED) is 0.0153. The number of esters is 3. The minimum Gasteiger partial charge on any atom is -0.497 e. The highest BCUT2D eigenvalue weighted by Crippen LogP contribution is 2.51. The van der Waals surface area contributed by atoms with Crippen molar-refractivity contribution in [2.24, 2.45) is 0 Å². The zero-order valence-corrected chi connectivity index (χ0v) is 51.0. The van der Waals surface area contributed by atoms with Gasteiger partial charge in [-0.3, -0.25) is 33.5 Å². The molecule has 1 unspecified atom stereocenters. The number of ether oxygens (including phenoxy) is 7. The lowest BCUT2D eigenvalue weighted by Gasteiger charge is -2.39. The van der Waals surface area contributed by atoms with Gasteiger partial charge in [0.1, 0.15) is 35.2 Å². The van der Waals surface area contributed by atoms with E-state index >= 15 is 0 Å². The number of aromatic nitrogens is 2. The Balaban J connectivity index is 1.18. The third-order valence-corrected chi connectivity index (χ3v) is 16.5. The van der Waals surface area contributed by atoms with Crippen molar-refractivity contribution < 1.29 is 61.4 Å². The highest BCUT2D eigenvalue weighted by molar-refractivity contribution is 7.44. The summed E-state index contributed by atoms with van der Waals surface area (Å²) in [4.78, 5) is 72.8. The zero-order valence-electron chi connectivity index (χ0n) is 50.1. The van der Waals surface area contributed by atoms with E-state index in [1.54, 1.807) is 57.1 Å². The molecule has 1 aliphatic heterocycles. The molecule has 0 bridgehead atoms. The lowest BCUT2D eigenvalue weighted by Crippen LogP contribution is -2.48. The van der Waals surface area contributed by atoms with E-state index in [-0.39, 0.29) is 115 Å². The molecule has 1 amide bonds. The van der Waals surface area contributed by atoms with Crippen LogP contribution in [0.4, 0.5) is 5.82 Å². The molecule has 0 radical (unpaired) electrons. The first-order chi connectivity index (χ1) is 40.5. The van der Waals surface area contributed by atoms with E-state index in [2.05, 4.69) is 54.1 Å². The Morgan fingerprint density at radius 2 is 1.25 bits per heavy atom. The van der Waals surface area contributed by atoms with Gasteiger partial charge in [0.25, 0.3) is 8.53 Å². The van der Waals surface area contributed by atoms with Crippen LogP contribution in [-0.2, 0) is 57.5 Å². The molecule has 0 spiro atoms. The number of nitriles is 1. The van der Waals surface area contributed by atoms with E-state index in [0.717, 1.165) is 16.7 Å². The van der Waals surface area contributed by atoms with Crippen LogP contribution in [0.2, 0.25) is 0 Å². The SMILES string of the molecule is CCOC(=O)CN(CCN(CC(=O)OCC)CC(=O)OCC)CC(=O)NC1CCC(Nc2ccn([C@H]3C[C@H](OP(OCCC#N)N(C(C)C)C(C)C)[C@@H](COC(c4ccccc4)(c4ccc(OC)cc4)c4ccc(OC)cc4)O3)c(=O)n2)CC1. The van der Waals surface area contributed by atoms with Crippen LogP contribution in [0.15, 0.2) is 95.9 Å². The Morgan fingerprint density at radius 3 is 1.74 bits per heavy atom. The number of rotatable bonds is 34. The smallest absolute Gasteiger partial charge is 0.351 e. The van der Waals surface area contributed by atoms with Gasteiger partial charge in [-0.15, -0.1) is 0 Å². The molecule has 1 saturated carbocycles. The summed E-state index contributed by atoms with van der Waals surface area (Å²) in [6.07, 6.45) is 2.52. The van der Waals surface area contributed by atoms with Crippen LogP contribution in [0.1, 0.15) is 110 Å². The van der Waals surface area contributed by atoms with Gasteiger partial charge in [0.2, 0.25) is 5.91 Å². The second-order valence-corrected chi connectivity index (χ2v) is 22.4. The first-order valence-electron chi connectivity index (χ1n) is 29.0. The summed E-state index contributed by atoms with van der Waals surface area (Å²) < 4.78 is 57.9.